The first-order valence-corrected chi connectivity index (χ1v) is 7.91. The lowest BCUT2D eigenvalue weighted by Gasteiger charge is -2.13. The van der Waals surface area contributed by atoms with Gasteiger partial charge in [0, 0.05) is 0 Å². The number of rotatable bonds is 3. The van der Waals surface area contributed by atoms with Gasteiger partial charge in [0.25, 0.3) is 0 Å². The van der Waals surface area contributed by atoms with E-state index in [-0.39, 0.29) is 0 Å². The minimum Gasteiger partial charge on any atom is -0.0833 e. The monoisotopic (exact) mass is 345 g/mol. The van der Waals surface area contributed by atoms with E-state index in [1.807, 2.05) is 72.8 Å². The van der Waals surface area contributed by atoms with Crippen molar-refractivity contribution in [1.82, 2.24) is 0 Å². The van der Waals surface area contributed by atoms with Crippen molar-refractivity contribution in [3.63, 3.8) is 0 Å². The lowest BCUT2D eigenvalue weighted by Crippen LogP contribution is -2.04. The second kappa shape index (κ2) is 6.66. The van der Waals surface area contributed by atoms with Crippen molar-refractivity contribution in [2.24, 2.45) is 0 Å². The Kier molecular flexibility index (Phi) is 4.63. The van der Waals surface area contributed by atoms with Gasteiger partial charge < -0.3 is 0 Å². The van der Waals surface area contributed by atoms with E-state index in [2.05, 4.69) is 0 Å². The zero-order valence-corrected chi connectivity index (χ0v) is 13.8. The third-order valence-corrected chi connectivity index (χ3v) is 4.15. The maximum absolute atomic E-state index is 6.01. The van der Waals surface area contributed by atoms with E-state index in [1.54, 1.807) is 0 Å². The molecule has 0 unspecified atom stereocenters. The highest BCUT2D eigenvalue weighted by Crippen LogP contribution is 2.32. The molecular formula is C19H12Cl3+. The maximum atomic E-state index is 6.01. The van der Waals surface area contributed by atoms with Crippen molar-refractivity contribution < 1.29 is 0 Å². The highest BCUT2D eigenvalue weighted by molar-refractivity contribution is 6.31. The summed E-state index contributed by atoms with van der Waals surface area (Å²) in [6.45, 7) is 0. The van der Waals surface area contributed by atoms with Crippen LogP contribution in [-0.2, 0) is 0 Å². The Morgan fingerprint density at radius 3 is 0.864 bits per heavy atom. The molecule has 0 spiro atoms. The van der Waals surface area contributed by atoms with Crippen LogP contribution in [0.4, 0.5) is 0 Å². The van der Waals surface area contributed by atoms with Crippen LogP contribution in [0.15, 0.2) is 72.8 Å². The maximum Gasteiger partial charge on any atom is 0.0632 e. The summed E-state index contributed by atoms with van der Waals surface area (Å²) in [4.78, 5) is 0. The SMILES string of the molecule is Clc1ccc([C+](c2ccc(Cl)cc2)c2ccc(Cl)cc2)cc1. The molecule has 0 aromatic heterocycles. The molecule has 22 heavy (non-hydrogen) atoms. The van der Waals surface area contributed by atoms with Crippen LogP contribution in [0.1, 0.15) is 16.7 Å². The molecule has 0 bridgehead atoms. The molecule has 0 saturated heterocycles. The Morgan fingerprint density at radius 1 is 0.409 bits per heavy atom. The summed E-state index contributed by atoms with van der Waals surface area (Å²) in [5, 5.41) is 2.15. The highest BCUT2D eigenvalue weighted by atomic mass is 35.5. The van der Waals surface area contributed by atoms with Crippen molar-refractivity contribution in [1.29, 1.82) is 0 Å². The van der Waals surface area contributed by atoms with Crippen molar-refractivity contribution in [3.8, 4) is 0 Å². The van der Waals surface area contributed by atoms with Crippen LogP contribution >= 0.6 is 34.8 Å². The van der Waals surface area contributed by atoms with Crippen molar-refractivity contribution in [2.45, 2.75) is 0 Å². The number of hydrogen-bond donors (Lipinski definition) is 0. The van der Waals surface area contributed by atoms with Gasteiger partial charge in [-0.15, -0.1) is 0 Å². The molecule has 0 aliphatic heterocycles. The summed E-state index contributed by atoms with van der Waals surface area (Å²) >= 11 is 18.0. The second-order valence-electron chi connectivity index (χ2n) is 4.90. The van der Waals surface area contributed by atoms with Crippen molar-refractivity contribution in [3.05, 3.63) is 110 Å². The predicted octanol–water partition coefficient (Wildman–Crippen LogP) is 6.67. The first-order valence-electron chi connectivity index (χ1n) is 6.78. The summed E-state index contributed by atoms with van der Waals surface area (Å²) in [5.41, 5.74) is 3.28. The minimum atomic E-state index is 0.718. The van der Waals surface area contributed by atoms with E-state index in [0.29, 0.717) is 0 Å². The molecule has 3 heteroatoms. The summed E-state index contributed by atoms with van der Waals surface area (Å²) in [7, 11) is 0. The zero-order valence-electron chi connectivity index (χ0n) is 11.6. The van der Waals surface area contributed by atoms with Gasteiger partial charge in [0.15, 0.2) is 0 Å². The lowest BCUT2D eigenvalue weighted by molar-refractivity contribution is 1.23. The van der Waals surface area contributed by atoms with Gasteiger partial charge in [-0.2, -0.15) is 0 Å². The zero-order chi connectivity index (χ0) is 15.5. The first-order chi connectivity index (χ1) is 10.6. The van der Waals surface area contributed by atoms with E-state index in [0.717, 1.165) is 37.7 Å². The van der Waals surface area contributed by atoms with E-state index >= 15 is 0 Å². The van der Waals surface area contributed by atoms with Gasteiger partial charge >= 0.3 is 0 Å². The summed E-state index contributed by atoms with van der Waals surface area (Å²) in [6.07, 6.45) is 0. The van der Waals surface area contributed by atoms with Crippen LogP contribution in [0.5, 0.6) is 0 Å². The summed E-state index contributed by atoms with van der Waals surface area (Å²) < 4.78 is 0. The van der Waals surface area contributed by atoms with Crippen LogP contribution < -0.4 is 0 Å². The van der Waals surface area contributed by atoms with E-state index in [1.165, 1.54) is 0 Å². The largest absolute Gasteiger partial charge is 0.0833 e. The smallest absolute Gasteiger partial charge is 0.0632 e. The molecule has 3 aromatic carbocycles. The fourth-order valence-electron chi connectivity index (χ4n) is 2.35. The van der Waals surface area contributed by atoms with Gasteiger partial charge in [0.1, 0.15) is 0 Å². The first kappa shape index (κ1) is 15.3. The Bertz CT molecular complexity index is 636. The van der Waals surface area contributed by atoms with E-state index in [9.17, 15) is 0 Å². The molecule has 0 nitrogen and oxygen atoms in total. The topological polar surface area (TPSA) is 0 Å². The third-order valence-electron chi connectivity index (χ3n) is 3.40. The average Bonchev–Trinajstić information content (AvgIpc) is 2.53. The Balaban J connectivity index is 2.10. The average molecular weight is 347 g/mol. The molecule has 108 valence electrons. The van der Waals surface area contributed by atoms with Gasteiger partial charge in [0.2, 0.25) is 0 Å². The van der Waals surface area contributed by atoms with Crippen LogP contribution in [0.25, 0.3) is 0 Å². The normalized spacial score (nSPS) is 10.5. The van der Waals surface area contributed by atoms with Crippen molar-refractivity contribution in [2.75, 3.05) is 0 Å². The molecule has 0 fully saturated rings. The Labute approximate surface area is 145 Å². The molecule has 3 aromatic rings. The van der Waals surface area contributed by atoms with Gasteiger partial charge in [0.05, 0.1) is 37.7 Å². The quantitative estimate of drug-likeness (QED) is 0.367. The van der Waals surface area contributed by atoms with E-state index in [4.69, 9.17) is 34.8 Å². The van der Waals surface area contributed by atoms with Crippen LogP contribution in [-0.4, -0.2) is 0 Å². The molecule has 0 aliphatic rings. The minimum absolute atomic E-state index is 0.718. The Hall–Kier alpha value is -1.60. The van der Waals surface area contributed by atoms with Crippen molar-refractivity contribution >= 4 is 34.8 Å². The number of benzene rings is 3. The molecular weight excluding hydrogens is 335 g/mol. The number of hydrogen-bond acceptors (Lipinski definition) is 0. The second-order valence-corrected chi connectivity index (χ2v) is 6.20. The molecule has 0 saturated carbocycles. The highest BCUT2D eigenvalue weighted by Gasteiger charge is 2.22. The van der Waals surface area contributed by atoms with Crippen LogP contribution in [0.3, 0.4) is 0 Å². The van der Waals surface area contributed by atoms with Gasteiger partial charge in [-0.05, 0) is 72.8 Å². The molecule has 0 aliphatic carbocycles. The lowest BCUT2D eigenvalue weighted by atomic mass is 9.85. The third kappa shape index (κ3) is 3.41. The van der Waals surface area contributed by atoms with E-state index < -0.39 is 0 Å². The summed E-state index contributed by atoms with van der Waals surface area (Å²) in [6, 6.07) is 23.4. The fraction of sp³-hybridized carbons (Fsp3) is 0. The summed E-state index contributed by atoms with van der Waals surface area (Å²) in [5.74, 6) is 1.12. The van der Waals surface area contributed by atoms with Gasteiger partial charge in [-0.25, -0.2) is 0 Å². The Morgan fingerprint density at radius 2 is 0.636 bits per heavy atom. The fourth-order valence-corrected chi connectivity index (χ4v) is 2.73. The molecule has 0 amide bonds. The van der Waals surface area contributed by atoms with Gasteiger partial charge in [-0.1, -0.05) is 34.8 Å². The van der Waals surface area contributed by atoms with Crippen LogP contribution in [0, 0.1) is 5.92 Å². The molecule has 0 heterocycles. The molecule has 0 radical (unpaired) electrons. The molecule has 3 rings (SSSR count). The predicted molar refractivity (Wildman–Crippen MR) is 94.9 cm³/mol. The van der Waals surface area contributed by atoms with Crippen LogP contribution in [0.2, 0.25) is 15.1 Å². The molecule has 0 N–H and O–H groups in total. The van der Waals surface area contributed by atoms with Gasteiger partial charge in [-0.3, -0.25) is 0 Å². The standard InChI is InChI=1S/C19H12Cl3/c20-16-7-1-13(2-8-16)19(14-3-9-17(21)10-4-14)15-5-11-18(22)12-6-15/h1-12H/q+1. The molecule has 0 atom stereocenters. The number of halogens is 3.